The second-order valence-corrected chi connectivity index (χ2v) is 5.70. The molecule has 0 unspecified atom stereocenters. The van der Waals surface area contributed by atoms with Gasteiger partial charge in [0.15, 0.2) is 0 Å². The summed E-state index contributed by atoms with van der Waals surface area (Å²) in [6.45, 7) is 1.97. The van der Waals surface area contributed by atoms with Gasteiger partial charge in [-0.2, -0.15) is 0 Å². The molecule has 3 atom stereocenters. The van der Waals surface area contributed by atoms with Crippen LogP contribution in [0.15, 0.2) is 0 Å². The fourth-order valence-corrected chi connectivity index (χ4v) is 4.17. The third-order valence-corrected chi connectivity index (χ3v) is 5.03. The van der Waals surface area contributed by atoms with Crippen LogP contribution in [0.25, 0.3) is 0 Å². The molecule has 1 aliphatic heterocycles. The number of ether oxygens (including phenoxy) is 1. The SMILES string of the molecule is C[C@@]12CC[C@@H](C(=O)O1)[C@@]21CCCCCC1=O. The highest BCUT2D eigenvalue weighted by Crippen LogP contribution is 2.62. The molecule has 3 aliphatic rings. The van der Waals surface area contributed by atoms with Crippen molar-refractivity contribution in [3.8, 4) is 0 Å². The number of hydrogen-bond acceptors (Lipinski definition) is 3. The van der Waals surface area contributed by atoms with Crippen molar-refractivity contribution in [1.29, 1.82) is 0 Å². The zero-order valence-electron chi connectivity index (χ0n) is 9.75. The topological polar surface area (TPSA) is 43.4 Å². The summed E-state index contributed by atoms with van der Waals surface area (Å²) in [5.41, 5.74) is -0.948. The van der Waals surface area contributed by atoms with Crippen LogP contribution >= 0.6 is 0 Å². The predicted octanol–water partition coefficient (Wildman–Crippen LogP) is 2.23. The number of hydrogen-bond donors (Lipinski definition) is 0. The summed E-state index contributed by atoms with van der Waals surface area (Å²) in [6, 6.07) is 0. The van der Waals surface area contributed by atoms with Gasteiger partial charge in [-0.1, -0.05) is 12.8 Å². The van der Waals surface area contributed by atoms with E-state index < -0.39 is 11.0 Å². The molecule has 1 saturated heterocycles. The molecule has 3 rings (SSSR count). The Kier molecular flexibility index (Phi) is 1.99. The molecule has 3 heteroatoms. The Hall–Kier alpha value is -0.860. The summed E-state index contributed by atoms with van der Waals surface area (Å²) in [5, 5.41) is 0. The molecular weight excluding hydrogens is 204 g/mol. The molecule has 0 aromatic rings. The van der Waals surface area contributed by atoms with E-state index in [9.17, 15) is 9.59 Å². The molecule has 2 bridgehead atoms. The van der Waals surface area contributed by atoms with E-state index in [1.807, 2.05) is 6.92 Å². The summed E-state index contributed by atoms with van der Waals surface area (Å²) in [4.78, 5) is 24.2. The Bertz CT molecular complexity index is 362. The number of rotatable bonds is 0. The van der Waals surface area contributed by atoms with Crippen LogP contribution in [-0.2, 0) is 14.3 Å². The van der Waals surface area contributed by atoms with E-state index in [0.717, 1.165) is 38.5 Å². The molecule has 0 radical (unpaired) electrons. The Balaban J connectivity index is 2.08. The van der Waals surface area contributed by atoms with Crippen LogP contribution in [0.5, 0.6) is 0 Å². The third kappa shape index (κ3) is 0.994. The van der Waals surface area contributed by atoms with E-state index in [0.29, 0.717) is 12.2 Å². The molecule has 0 amide bonds. The monoisotopic (exact) mass is 222 g/mol. The summed E-state index contributed by atoms with van der Waals surface area (Å²) < 4.78 is 5.51. The van der Waals surface area contributed by atoms with Crippen molar-refractivity contribution in [3.05, 3.63) is 0 Å². The summed E-state index contributed by atoms with van der Waals surface area (Å²) in [5.74, 6) is 0.0351. The maximum atomic E-state index is 12.4. The largest absolute Gasteiger partial charge is 0.458 e. The molecule has 0 aromatic heterocycles. The van der Waals surface area contributed by atoms with Gasteiger partial charge in [0.1, 0.15) is 11.4 Å². The van der Waals surface area contributed by atoms with Crippen molar-refractivity contribution in [3.63, 3.8) is 0 Å². The molecule has 3 fully saturated rings. The number of carbonyl (C=O) groups excluding carboxylic acids is 2. The zero-order valence-corrected chi connectivity index (χ0v) is 9.75. The van der Waals surface area contributed by atoms with Crippen molar-refractivity contribution in [2.75, 3.05) is 0 Å². The number of ketones is 1. The first kappa shape index (κ1) is 10.3. The first-order valence-corrected chi connectivity index (χ1v) is 6.36. The van der Waals surface area contributed by atoms with Crippen molar-refractivity contribution < 1.29 is 14.3 Å². The first-order chi connectivity index (χ1) is 7.60. The third-order valence-electron chi connectivity index (χ3n) is 5.03. The van der Waals surface area contributed by atoms with E-state index in [4.69, 9.17) is 4.74 Å². The van der Waals surface area contributed by atoms with Crippen LogP contribution in [-0.4, -0.2) is 17.4 Å². The van der Waals surface area contributed by atoms with Crippen LogP contribution in [0.1, 0.15) is 51.9 Å². The van der Waals surface area contributed by atoms with Gasteiger partial charge < -0.3 is 4.74 Å². The lowest BCUT2D eigenvalue weighted by atomic mass is 9.66. The summed E-state index contributed by atoms with van der Waals surface area (Å²) >= 11 is 0. The molecule has 0 N–H and O–H groups in total. The zero-order chi connectivity index (χ0) is 11.4. The maximum absolute atomic E-state index is 12.4. The van der Waals surface area contributed by atoms with Gasteiger partial charge in [0, 0.05) is 6.42 Å². The van der Waals surface area contributed by atoms with Crippen molar-refractivity contribution >= 4 is 11.8 Å². The number of carbonyl (C=O) groups is 2. The molecule has 88 valence electrons. The minimum absolute atomic E-state index is 0.121. The molecular formula is C13H18O3. The highest BCUT2D eigenvalue weighted by atomic mass is 16.6. The lowest BCUT2D eigenvalue weighted by Gasteiger charge is -2.36. The highest BCUT2D eigenvalue weighted by molar-refractivity contribution is 5.95. The molecule has 0 aromatic carbocycles. The van der Waals surface area contributed by atoms with Gasteiger partial charge in [0.05, 0.1) is 11.3 Å². The molecule has 2 aliphatic carbocycles. The van der Waals surface area contributed by atoms with Gasteiger partial charge in [-0.15, -0.1) is 0 Å². The van der Waals surface area contributed by atoms with E-state index in [2.05, 4.69) is 0 Å². The lowest BCUT2D eigenvalue weighted by molar-refractivity contribution is -0.156. The minimum atomic E-state index is -0.490. The normalized spacial score (nSPS) is 47.2. The van der Waals surface area contributed by atoms with Gasteiger partial charge in [0.2, 0.25) is 0 Å². The fraction of sp³-hybridized carbons (Fsp3) is 0.846. The Morgan fingerprint density at radius 2 is 2.00 bits per heavy atom. The Labute approximate surface area is 95.5 Å². The smallest absolute Gasteiger partial charge is 0.310 e. The number of esters is 1. The van der Waals surface area contributed by atoms with E-state index in [1.54, 1.807) is 0 Å². The minimum Gasteiger partial charge on any atom is -0.458 e. The van der Waals surface area contributed by atoms with E-state index in [-0.39, 0.29) is 11.9 Å². The van der Waals surface area contributed by atoms with Crippen LogP contribution in [0, 0.1) is 11.3 Å². The molecule has 16 heavy (non-hydrogen) atoms. The quantitative estimate of drug-likeness (QED) is 0.590. The number of Topliss-reactive ketones (excluding diaryl/α,β-unsaturated/α-hetero) is 1. The van der Waals surface area contributed by atoms with E-state index in [1.165, 1.54) is 0 Å². The standard InChI is InChI=1S/C13H18O3/c1-12-8-6-9(11(15)16-12)13(12)7-4-2-3-5-10(13)14/h9H,2-8H2,1H3/t9-,12-,13+/m0/s1. The van der Waals surface area contributed by atoms with Gasteiger partial charge in [-0.3, -0.25) is 9.59 Å². The summed E-state index contributed by atoms with van der Waals surface area (Å²) in [7, 11) is 0. The van der Waals surface area contributed by atoms with Crippen LogP contribution in [0.3, 0.4) is 0 Å². The van der Waals surface area contributed by atoms with E-state index >= 15 is 0 Å². The van der Waals surface area contributed by atoms with Crippen molar-refractivity contribution in [2.45, 2.75) is 57.5 Å². The Morgan fingerprint density at radius 3 is 2.62 bits per heavy atom. The molecule has 1 spiro atoms. The van der Waals surface area contributed by atoms with Gasteiger partial charge >= 0.3 is 5.97 Å². The van der Waals surface area contributed by atoms with Crippen molar-refractivity contribution in [1.82, 2.24) is 0 Å². The van der Waals surface area contributed by atoms with Crippen LogP contribution < -0.4 is 0 Å². The van der Waals surface area contributed by atoms with Gasteiger partial charge in [0.25, 0.3) is 0 Å². The average molecular weight is 222 g/mol. The van der Waals surface area contributed by atoms with Gasteiger partial charge in [-0.05, 0) is 32.6 Å². The maximum Gasteiger partial charge on any atom is 0.310 e. The Morgan fingerprint density at radius 1 is 1.19 bits per heavy atom. The second-order valence-electron chi connectivity index (χ2n) is 5.70. The molecule has 2 saturated carbocycles. The molecule has 3 nitrogen and oxygen atoms in total. The van der Waals surface area contributed by atoms with Crippen molar-refractivity contribution in [2.24, 2.45) is 11.3 Å². The van der Waals surface area contributed by atoms with Crippen LogP contribution in [0.2, 0.25) is 0 Å². The predicted molar refractivity (Wildman–Crippen MR) is 57.7 cm³/mol. The molecule has 1 heterocycles. The first-order valence-electron chi connectivity index (χ1n) is 6.36. The van der Waals surface area contributed by atoms with Gasteiger partial charge in [-0.25, -0.2) is 0 Å². The van der Waals surface area contributed by atoms with Crippen LogP contribution in [0.4, 0.5) is 0 Å². The summed E-state index contributed by atoms with van der Waals surface area (Å²) in [6.07, 6.45) is 6.38. The second kappa shape index (κ2) is 3.08. The highest BCUT2D eigenvalue weighted by Gasteiger charge is 2.70. The lowest BCUT2D eigenvalue weighted by Crippen LogP contribution is -2.46. The fourth-order valence-electron chi connectivity index (χ4n) is 4.17. The average Bonchev–Trinajstić information content (AvgIpc) is 2.49.